The average molecular weight is 238 g/mol. The van der Waals surface area contributed by atoms with Crippen molar-refractivity contribution in [2.45, 2.75) is 26.3 Å². The topological polar surface area (TPSA) is 50.3 Å². The van der Waals surface area contributed by atoms with E-state index in [0.717, 1.165) is 18.8 Å². The number of rotatable bonds is 7. The summed E-state index contributed by atoms with van der Waals surface area (Å²) >= 11 is 0. The number of hydrogen-bond donors (Lipinski definition) is 1. The Balaban J connectivity index is 2.37. The van der Waals surface area contributed by atoms with Crippen LogP contribution in [0.15, 0.2) is 12.4 Å². The quantitative estimate of drug-likeness (QED) is 0.732. The zero-order valence-corrected chi connectivity index (χ0v) is 11.1. The van der Waals surface area contributed by atoms with E-state index in [0.29, 0.717) is 18.5 Å². The molecule has 0 atom stereocenters. The molecular weight excluding hydrogens is 216 g/mol. The smallest absolute Gasteiger partial charge is 0.234 e. The average Bonchev–Trinajstić information content (AvgIpc) is 2.24. The first-order valence-electron chi connectivity index (χ1n) is 5.94. The van der Waals surface area contributed by atoms with Crippen LogP contribution in [0, 0.1) is 0 Å². The Morgan fingerprint density at radius 1 is 1.35 bits per heavy atom. The lowest BCUT2D eigenvalue weighted by Gasteiger charge is -2.11. The predicted octanol–water partition coefficient (Wildman–Crippen LogP) is 1.63. The Hall–Kier alpha value is -1.36. The van der Waals surface area contributed by atoms with Crippen LogP contribution in [0.2, 0.25) is 0 Å². The van der Waals surface area contributed by atoms with Crippen molar-refractivity contribution in [3.05, 3.63) is 12.4 Å². The summed E-state index contributed by atoms with van der Waals surface area (Å²) in [6.07, 6.45) is 4.32. The first kappa shape index (κ1) is 13.7. The number of aromatic nitrogens is 2. The van der Waals surface area contributed by atoms with Gasteiger partial charge in [0.15, 0.2) is 0 Å². The van der Waals surface area contributed by atoms with Crippen LogP contribution in [-0.4, -0.2) is 48.2 Å². The highest BCUT2D eigenvalue weighted by atomic mass is 16.5. The van der Waals surface area contributed by atoms with E-state index in [4.69, 9.17) is 4.74 Å². The fourth-order valence-electron chi connectivity index (χ4n) is 1.34. The SMILES string of the molecule is CC(C)Nc1cncc(OCCCN(C)C)n1. The van der Waals surface area contributed by atoms with Crippen molar-refractivity contribution >= 4 is 5.82 Å². The van der Waals surface area contributed by atoms with Crippen LogP contribution in [0.1, 0.15) is 20.3 Å². The van der Waals surface area contributed by atoms with E-state index in [9.17, 15) is 0 Å². The summed E-state index contributed by atoms with van der Waals surface area (Å²) < 4.78 is 5.54. The molecule has 0 saturated carbocycles. The Labute approximate surface area is 103 Å². The molecule has 1 aromatic heterocycles. The Bertz CT molecular complexity index is 328. The molecule has 0 spiro atoms. The minimum Gasteiger partial charge on any atom is -0.476 e. The number of anilines is 1. The lowest BCUT2D eigenvalue weighted by Crippen LogP contribution is -2.16. The highest BCUT2D eigenvalue weighted by Gasteiger charge is 2.01. The van der Waals surface area contributed by atoms with Gasteiger partial charge in [-0.05, 0) is 34.4 Å². The van der Waals surface area contributed by atoms with Gasteiger partial charge in [0.2, 0.25) is 5.88 Å². The number of ether oxygens (including phenoxy) is 1. The van der Waals surface area contributed by atoms with Crippen LogP contribution in [0.3, 0.4) is 0 Å². The second-order valence-electron chi connectivity index (χ2n) is 4.55. The Morgan fingerprint density at radius 2 is 2.12 bits per heavy atom. The van der Waals surface area contributed by atoms with Crippen LogP contribution in [-0.2, 0) is 0 Å². The standard InChI is InChI=1S/C12H22N4O/c1-10(2)14-11-8-13-9-12(15-11)17-7-5-6-16(3)4/h8-10H,5-7H2,1-4H3,(H,14,15). The molecular formula is C12H22N4O. The van der Waals surface area contributed by atoms with Crippen molar-refractivity contribution in [1.29, 1.82) is 0 Å². The van der Waals surface area contributed by atoms with E-state index in [2.05, 4.69) is 34.0 Å². The molecule has 0 saturated heterocycles. The van der Waals surface area contributed by atoms with Crippen LogP contribution in [0.4, 0.5) is 5.82 Å². The molecule has 5 heteroatoms. The number of nitrogens with one attached hydrogen (secondary N) is 1. The van der Waals surface area contributed by atoms with Gasteiger partial charge in [-0.2, -0.15) is 4.98 Å². The first-order chi connectivity index (χ1) is 8.08. The minimum atomic E-state index is 0.341. The van der Waals surface area contributed by atoms with Gasteiger partial charge in [-0.25, -0.2) is 0 Å². The largest absolute Gasteiger partial charge is 0.476 e. The summed E-state index contributed by atoms with van der Waals surface area (Å²) in [5, 5.41) is 3.19. The third-order valence-corrected chi connectivity index (χ3v) is 2.05. The third kappa shape index (κ3) is 6.06. The normalized spacial score (nSPS) is 10.9. The van der Waals surface area contributed by atoms with Gasteiger partial charge in [0.25, 0.3) is 0 Å². The summed E-state index contributed by atoms with van der Waals surface area (Å²) in [5.74, 6) is 1.33. The van der Waals surface area contributed by atoms with Crippen LogP contribution in [0.25, 0.3) is 0 Å². The van der Waals surface area contributed by atoms with E-state index in [1.807, 2.05) is 14.1 Å². The van der Waals surface area contributed by atoms with Gasteiger partial charge < -0.3 is 15.0 Å². The van der Waals surface area contributed by atoms with Crippen molar-refractivity contribution in [3.63, 3.8) is 0 Å². The van der Waals surface area contributed by atoms with Crippen LogP contribution in [0.5, 0.6) is 5.88 Å². The van der Waals surface area contributed by atoms with Gasteiger partial charge >= 0.3 is 0 Å². The van der Waals surface area contributed by atoms with Gasteiger partial charge in [-0.1, -0.05) is 0 Å². The molecule has 0 fully saturated rings. The van der Waals surface area contributed by atoms with Crippen molar-refractivity contribution in [1.82, 2.24) is 14.9 Å². The molecule has 0 aliphatic rings. The zero-order chi connectivity index (χ0) is 12.7. The summed E-state index contributed by atoms with van der Waals surface area (Å²) in [7, 11) is 4.10. The maximum absolute atomic E-state index is 5.54. The molecule has 96 valence electrons. The van der Waals surface area contributed by atoms with Crippen LogP contribution < -0.4 is 10.1 Å². The van der Waals surface area contributed by atoms with E-state index in [1.165, 1.54) is 0 Å². The van der Waals surface area contributed by atoms with E-state index >= 15 is 0 Å². The summed E-state index contributed by atoms with van der Waals surface area (Å²) in [6, 6.07) is 0.341. The van der Waals surface area contributed by atoms with Crippen molar-refractivity contribution in [3.8, 4) is 5.88 Å². The highest BCUT2D eigenvalue weighted by molar-refractivity contribution is 5.33. The molecule has 0 bridgehead atoms. The van der Waals surface area contributed by atoms with E-state index in [-0.39, 0.29) is 0 Å². The van der Waals surface area contributed by atoms with Crippen LogP contribution >= 0.6 is 0 Å². The molecule has 17 heavy (non-hydrogen) atoms. The molecule has 0 aliphatic carbocycles. The lowest BCUT2D eigenvalue weighted by molar-refractivity contribution is 0.272. The predicted molar refractivity (Wildman–Crippen MR) is 69.5 cm³/mol. The molecule has 1 heterocycles. The molecule has 5 nitrogen and oxygen atoms in total. The summed E-state index contributed by atoms with van der Waals surface area (Å²) in [4.78, 5) is 10.5. The van der Waals surface area contributed by atoms with E-state index in [1.54, 1.807) is 12.4 Å². The fraction of sp³-hybridized carbons (Fsp3) is 0.667. The zero-order valence-electron chi connectivity index (χ0n) is 11.1. The van der Waals surface area contributed by atoms with Crippen molar-refractivity contribution < 1.29 is 4.74 Å². The molecule has 0 amide bonds. The molecule has 1 aromatic rings. The van der Waals surface area contributed by atoms with Gasteiger partial charge in [0.05, 0.1) is 19.0 Å². The molecule has 0 unspecified atom stereocenters. The van der Waals surface area contributed by atoms with Crippen molar-refractivity contribution in [2.75, 3.05) is 32.6 Å². The Kier molecular flexibility index (Phi) is 5.69. The molecule has 1 N–H and O–H groups in total. The van der Waals surface area contributed by atoms with Crippen molar-refractivity contribution in [2.24, 2.45) is 0 Å². The highest BCUT2D eigenvalue weighted by Crippen LogP contribution is 2.10. The van der Waals surface area contributed by atoms with Gasteiger partial charge in [0, 0.05) is 12.6 Å². The number of nitrogens with zero attached hydrogens (tertiary/aromatic N) is 3. The number of hydrogen-bond acceptors (Lipinski definition) is 5. The fourth-order valence-corrected chi connectivity index (χ4v) is 1.34. The maximum Gasteiger partial charge on any atom is 0.234 e. The minimum absolute atomic E-state index is 0.341. The second-order valence-corrected chi connectivity index (χ2v) is 4.55. The lowest BCUT2D eigenvalue weighted by atomic mass is 10.4. The molecule has 0 aliphatic heterocycles. The van der Waals surface area contributed by atoms with E-state index < -0.39 is 0 Å². The summed E-state index contributed by atoms with van der Waals surface area (Å²) in [5.41, 5.74) is 0. The maximum atomic E-state index is 5.54. The van der Waals surface area contributed by atoms with Gasteiger partial charge in [-0.3, -0.25) is 4.98 Å². The van der Waals surface area contributed by atoms with Gasteiger partial charge in [-0.15, -0.1) is 0 Å². The monoisotopic (exact) mass is 238 g/mol. The first-order valence-corrected chi connectivity index (χ1v) is 5.94. The molecule has 0 radical (unpaired) electrons. The summed E-state index contributed by atoms with van der Waals surface area (Å²) in [6.45, 7) is 5.80. The third-order valence-electron chi connectivity index (χ3n) is 2.05. The molecule has 0 aromatic carbocycles. The molecule has 1 rings (SSSR count). The second kappa shape index (κ2) is 7.06. The van der Waals surface area contributed by atoms with Gasteiger partial charge in [0.1, 0.15) is 5.82 Å². The Morgan fingerprint density at radius 3 is 2.76 bits per heavy atom.